The molecule has 122 valence electrons. The Balaban J connectivity index is 1.62. The van der Waals surface area contributed by atoms with Gasteiger partial charge in [0.25, 0.3) is 0 Å². The second-order valence-corrected chi connectivity index (χ2v) is 7.11. The highest BCUT2D eigenvalue weighted by atomic mass is 16.3. The smallest absolute Gasteiger partial charge is 0.115 e. The molecule has 1 aromatic heterocycles. The average Bonchev–Trinajstić information content (AvgIpc) is 3.22. The predicted octanol–water partition coefficient (Wildman–Crippen LogP) is 4.11. The van der Waals surface area contributed by atoms with Gasteiger partial charge in [0.1, 0.15) is 5.75 Å². The number of hydrogen-bond acceptors (Lipinski definition) is 2. The Kier molecular flexibility index (Phi) is 3.17. The third-order valence-electron chi connectivity index (χ3n) is 5.73. The second-order valence-electron chi connectivity index (χ2n) is 7.11. The number of nitrogens with zero attached hydrogens (tertiary/aromatic N) is 1. The maximum atomic E-state index is 9.57. The molecule has 0 amide bonds. The van der Waals surface area contributed by atoms with Gasteiger partial charge in [-0.3, -0.25) is 0 Å². The lowest BCUT2D eigenvalue weighted by molar-refractivity contribution is 0.474. The number of phenolic OH excluding ortho intramolecular Hbond substituents is 1. The Morgan fingerprint density at radius 1 is 1.08 bits per heavy atom. The van der Waals surface area contributed by atoms with Crippen molar-refractivity contribution in [1.29, 1.82) is 0 Å². The van der Waals surface area contributed by atoms with Crippen molar-refractivity contribution < 1.29 is 5.11 Å². The Hall–Kier alpha value is -2.26. The predicted molar refractivity (Wildman–Crippen MR) is 96.5 cm³/mol. The number of nitrogens with one attached hydrogen (secondary N) is 1. The molecular formula is C21H22N2O. The van der Waals surface area contributed by atoms with Crippen LogP contribution in [0.25, 0.3) is 10.9 Å². The van der Waals surface area contributed by atoms with Gasteiger partial charge in [0.05, 0.1) is 5.52 Å². The van der Waals surface area contributed by atoms with E-state index < -0.39 is 0 Å². The first-order valence-corrected chi connectivity index (χ1v) is 8.94. The van der Waals surface area contributed by atoms with Crippen LogP contribution in [0.15, 0.2) is 48.7 Å². The van der Waals surface area contributed by atoms with Crippen LogP contribution in [0.3, 0.4) is 0 Å². The van der Waals surface area contributed by atoms with E-state index in [0.29, 0.717) is 17.7 Å². The molecule has 2 aliphatic rings. The number of hydrogen-bond donors (Lipinski definition) is 2. The normalized spacial score (nSPS) is 23.0. The molecule has 5 rings (SSSR count). The minimum Gasteiger partial charge on any atom is -0.508 e. The van der Waals surface area contributed by atoms with E-state index in [9.17, 15) is 5.11 Å². The summed E-state index contributed by atoms with van der Waals surface area (Å²) in [6.45, 7) is 2.18. The van der Waals surface area contributed by atoms with Gasteiger partial charge in [0.2, 0.25) is 0 Å². The molecule has 0 aliphatic carbocycles. The van der Waals surface area contributed by atoms with Crippen LogP contribution in [0.1, 0.15) is 41.5 Å². The topological polar surface area (TPSA) is 37.2 Å². The van der Waals surface area contributed by atoms with Crippen LogP contribution in [0, 0.1) is 0 Å². The van der Waals surface area contributed by atoms with Gasteiger partial charge < -0.3 is 15.0 Å². The van der Waals surface area contributed by atoms with Gasteiger partial charge in [-0.1, -0.05) is 30.3 Å². The Bertz CT molecular complexity index is 894. The molecule has 3 aromatic rings. The molecule has 2 aliphatic heterocycles. The minimum absolute atomic E-state index is 0.328. The first-order valence-electron chi connectivity index (χ1n) is 8.94. The van der Waals surface area contributed by atoms with E-state index in [0.717, 1.165) is 19.5 Å². The van der Waals surface area contributed by atoms with Crippen molar-refractivity contribution in [3.8, 4) is 5.75 Å². The SMILES string of the molecule is Oc1ccc(C2NCCC2c2cn3c4c(cccc24)CCC3)cc1. The molecule has 24 heavy (non-hydrogen) atoms. The molecule has 2 atom stereocenters. The van der Waals surface area contributed by atoms with Gasteiger partial charge in [0, 0.05) is 30.1 Å². The number of aryl methyl sites for hydroxylation is 2. The van der Waals surface area contributed by atoms with Crippen LogP contribution in [0.4, 0.5) is 0 Å². The summed E-state index contributed by atoms with van der Waals surface area (Å²) < 4.78 is 2.47. The van der Waals surface area contributed by atoms with E-state index in [-0.39, 0.29) is 0 Å². The fraction of sp³-hybridized carbons (Fsp3) is 0.333. The largest absolute Gasteiger partial charge is 0.508 e. The zero-order valence-electron chi connectivity index (χ0n) is 13.7. The maximum absolute atomic E-state index is 9.57. The highest BCUT2D eigenvalue weighted by molar-refractivity contribution is 5.88. The molecule has 2 unspecified atom stereocenters. The highest BCUT2D eigenvalue weighted by Crippen LogP contribution is 2.42. The van der Waals surface area contributed by atoms with E-state index in [2.05, 4.69) is 34.3 Å². The molecular weight excluding hydrogens is 296 g/mol. The van der Waals surface area contributed by atoms with Gasteiger partial charge in [-0.2, -0.15) is 0 Å². The first kappa shape index (κ1) is 14.1. The van der Waals surface area contributed by atoms with Crippen molar-refractivity contribution in [1.82, 2.24) is 9.88 Å². The van der Waals surface area contributed by atoms with Gasteiger partial charge in [-0.05, 0) is 54.6 Å². The summed E-state index contributed by atoms with van der Waals surface area (Å²) in [5, 5.41) is 14.7. The summed E-state index contributed by atoms with van der Waals surface area (Å²) in [6.07, 6.45) is 6.00. The van der Waals surface area contributed by atoms with Gasteiger partial charge in [-0.15, -0.1) is 0 Å². The summed E-state index contributed by atoms with van der Waals surface area (Å²) in [4.78, 5) is 0. The molecule has 1 fully saturated rings. The zero-order valence-corrected chi connectivity index (χ0v) is 13.7. The van der Waals surface area contributed by atoms with Crippen LogP contribution in [-0.4, -0.2) is 16.2 Å². The van der Waals surface area contributed by atoms with Crippen LogP contribution >= 0.6 is 0 Å². The molecule has 2 N–H and O–H groups in total. The molecule has 0 spiro atoms. The van der Waals surface area contributed by atoms with Gasteiger partial charge >= 0.3 is 0 Å². The van der Waals surface area contributed by atoms with Crippen molar-refractivity contribution in [3.63, 3.8) is 0 Å². The molecule has 0 bridgehead atoms. The molecule has 0 saturated carbocycles. The number of benzene rings is 2. The molecule has 3 heterocycles. The van der Waals surface area contributed by atoms with Gasteiger partial charge in [-0.25, -0.2) is 0 Å². The van der Waals surface area contributed by atoms with Crippen molar-refractivity contribution in [3.05, 3.63) is 65.4 Å². The van der Waals surface area contributed by atoms with Gasteiger partial charge in [0.15, 0.2) is 0 Å². The monoisotopic (exact) mass is 318 g/mol. The Morgan fingerprint density at radius 3 is 2.83 bits per heavy atom. The number of rotatable bonds is 2. The van der Waals surface area contributed by atoms with E-state index in [1.807, 2.05) is 12.1 Å². The number of aromatic hydroxyl groups is 1. The number of para-hydroxylation sites is 1. The van der Waals surface area contributed by atoms with E-state index in [1.165, 1.54) is 40.4 Å². The van der Waals surface area contributed by atoms with Crippen molar-refractivity contribution >= 4 is 10.9 Å². The van der Waals surface area contributed by atoms with Crippen LogP contribution in [0.5, 0.6) is 5.75 Å². The van der Waals surface area contributed by atoms with E-state index in [1.54, 1.807) is 12.1 Å². The summed E-state index contributed by atoms with van der Waals surface area (Å²) in [5.74, 6) is 0.826. The Morgan fingerprint density at radius 2 is 1.96 bits per heavy atom. The summed E-state index contributed by atoms with van der Waals surface area (Å²) >= 11 is 0. The van der Waals surface area contributed by atoms with Crippen molar-refractivity contribution in [2.75, 3.05) is 6.54 Å². The maximum Gasteiger partial charge on any atom is 0.115 e. The third-order valence-corrected chi connectivity index (χ3v) is 5.73. The quantitative estimate of drug-likeness (QED) is 0.746. The summed E-state index contributed by atoms with van der Waals surface area (Å²) in [7, 11) is 0. The average molecular weight is 318 g/mol. The fourth-order valence-electron chi connectivity index (χ4n) is 4.65. The van der Waals surface area contributed by atoms with Crippen LogP contribution < -0.4 is 5.32 Å². The molecule has 3 heteroatoms. The van der Waals surface area contributed by atoms with Crippen LogP contribution in [0.2, 0.25) is 0 Å². The van der Waals surface area contributed by atoms with Crippen molar-refractivity contribution in [2.24, 2.45) is 0 Å². The standard InChI is InChI=1S/C21H22N2O/c24-16-8-6-14(7-9-16)20-17(10-11-22-20)19-13-23-12-2-4-15-3-1-5-18(19)21(15)23/h1,3,5-9,13,17,20,22,24H,2,4,10-12H2. The molecule has 3 nitrogen and oxygen atoms in total. The fourth-order valence-corrected chi connectivity index (χ4v) is 4.65. The molecule has 2 aromatic carbocycles. The molecule has 1 saturated heterocycles. The first-order chi connectivity index (χ1) is 11.8. The zero-order chi connectivity index (χ0) is 16.1. The lowest BCUT2D eigenvalue weighted by Crippen LogP contribution is -2.16. The molecule has 0 radical (unpaired) electrons. The minimum atomic E-state index is 0.328. The van der Waals surface area contributed by atoms with E-state index in [4.69, 9.17) is 0 Å². The lowest BCUT2D eigenvalue weighted by Gasteiger charge is -2.20. The number of aromatic nitrogens is 1. The summed E-state index contributed by atoms with van der Waals surface area (Å²) in [6, 6.07) is 14.8. The number of phenols is 1. The third kappa shape index (κ3) is 2.08. The lowest BCUT2D eigenvalue weighted by atomic mass is 9.87. The Labute approximate surface area is 141 Å². The highest BCUT2D eigenvalue weighted by Gasteiger charge is 2.32. The van der Waals surface area contributed by atoms with E-state index >= 15 is 0 Å². The summed E-state index contributed by atoms with van der Waals surface area (Å²) in [5.41, 5.74) is 5.70. The second kappa shape index (κ2) is 5.38. The van der Waals surface area contributed by atoms with Crippen molar-refractivity contribution in [2.45, 2.75) is 37.8 Å². The van der Waals surface area contributed by atoms with Crippen LogP contribution in [-0.2, 0) is 13.0 Å².